The minimum atomic E-state index is -0.369. The van der Waals surface area contributed by atoms with Gasteiger partial charge in [0, 0.05) is 24.7 Å². The van der Waals surface area contributed by atoms with Crippen LogP contribution in [-0.2, 0) is 16.1 Å². The quantitative estimate of drug-likeness (QED) is 0.264. The van der Waals surface area contributed by atoms with E-state index < -0.39 is 0 Å². The van der Waals surface area contributed by atoms with E-state index in [1.54, 1.807) is 29.2 Å². The average Bonchev–Trinajstić information content (AvgIpc) is 3.54. The van der Waals surface area contributed by atoms with Crippen LogP contribution in [0.1, 0.15) is 28.9 Å². The molecule has 4 heterocycles. The Bertz CT molecular complexity index is 1210. The van der Waals surface area contributed by atoms with Crippen LogP contribution in [0.25, 0.3) is 22.7 Å². The Hall–Kier alpha value is -4.25. The van der Waals surface area contributed by atoms with Gasteiger partial charge in [-0.3, -0.25) is 24.4 Å². The van der Waals surface area contributed by atoms with Crippen molar-refractivity contribution in [2.45, 2.75) is 27.3 Å². The van der Waals surface area contributed by atoms with Gasteiger partial charge in [-0.2, -0.15) is 10.2 Å². The molecule has 11 nitrogen and oxygen atoms in total. The summed E-state index contributed by atoms with van der Waals surface area (Å²) in [5.41, 5.74) is 4.35. The van der Waals surface area contributed by atoms with E-state index in [-0.39, 0.29) is 18.1 Å². The van der Waals surface area contributed by atoms with Crippen LogP contribution in [0, 0.1) is 13.8 Å². The zero-order valence-corrected chi connectivity index (χ0v) is 19.1. The largest absolute Gasteiger partial charge is 0.483 e. The molecule has 1 amide bonds. The summed E-state index contributed by atoms with van der Waals surface area (Å²) >= 11 is 0. The lowest BCUT2D eigenvalue weighted by Gasteiger charge is -2.03. The Morgan fingerprint density at radius 2 is 2.09 bits per heavy atom. The first-order valence-corrected chi connectivity index (χ1v) is 10.6. The molecule has 0 aliphatic heterocycles. The summed E-state index contributed by atoms with van der Waals surface area (Å²) in [6, 6.07) is 8.97. The molecule has 0 saturated carbocycles. The molecule has 0 unspecified atom stereocenters. The second-order valence-corrected chi connectivity index (χ2v) is 7.10. The molecule has 0 aliphatic carbocycles. The van der Waals surface area contributed by atoms with Gasteiger partial charge in [0.25, 0.3) is 12.4 Å². The number of pyridine rings is 1. The first-order chi connectivity index (χ1) is 16.5. The summed E-state index contributed by atoms with van der Waals surface area (Å²) in [6.45, 7) is 7.21. The third-order valence-electron chi connectivity index (χ3n) is 4.79. The maximum Gasteiger partial charge on any atom is 0.291 e. The van der Waals surface area contributed by atoms with Crippen LogP contribution >= 0.6 is 0 Å². The number of carbonyl (C=O) groups is 2. The molecule has 0 radical (unpaired) electrons. The number of hydrogen-bond acceptors (Lipinski definition) is 7. The number of aromatic nitrogens is 5. The lowest BCUT2D eigenvalue weighted by Crippen LogP contribution is -2.11. The summed E-state index contributed by atoms with van der Waals surface area (Å²) in [5.74, 6) is 0.418. The van der Waals surface area contributed by atoms with Gasteiger partial charge in [0.05, 0.1) is 35.8 Å². The average molecular weight is 466 g/mol. The minimum Gasteiger partial charge on any atom is -0.483 e. The van der Waals surface area contributed by atoms with Crippen molar-refractivity contribution >= 4 is 18.1 Å². The van der Waals surface area contributed by atoms with Crippen LogP contribution in [0.2, 0.25) is 0 Å². The summed E-state index contributed by atoms with van der Waals surface area (Å²) in [4.78, 5) is 25.6. The van der Waals surface area contributed by atoms with Gasteiger partial charge < -0.3 is 19.6 Å². The normalized spacial score (nSPS) is 10.4. The van der Waals surface area contributed by atoms with Gasteiger partial charge in [-0.1, -0.05) is 6.07 Å². The molecule has 4 rings (SSSR count). The molecule has 0 aromatic carbocycles. The van der Waals surface area contributed by atoms with Crippen LogP contribution in [0.3, 0.4) is 0 Å². The molecular weight excluding hydrogens is 440 g/mol. The number of H-pyrrole nitrogens is 1. The zero-order valence-electron chi connectivity index (χ0n) is 19.1. The predicted molar refractivity (Wildman–Crippen MR) is 124 cm³/mol. The highest BCUT2D eigenvalue weighted by Crippen LogP contribution is 2.29. The van der Waals surface area contributed by atoms with Crippen molar-refractivity contribution in [1.82, 2.24) is 25.0 Å². The number of carboxylic acid groups (broad SMARTS) is 1. The molecule has 34 heavy (non-hydrogen) atoms. The SMILES string of the molecule is CCOCCn1cc(NC(=O)c2ccc(-c3c(C)n[nH]c3C)o2)c(-c2ccccn2)n1.O=CO. The summed E-state index contributed by atoms with van der Waals surface area (Å²) < 4.78 is 13.0. The van der Waals surface area contributed by atoms with E-state index in [9.17, 15) is 4.79 Å². The molecule has 0 atom stereocenters. The fourth-order valence-corrected chi connectivity index (χ4v) is 3.31. The smallest absolute Gasteiger partial charge is 0.291 e. The molecule has 4 aromatic rings. The van der Waals surface area contributed by atoms with Crippen molar-refractivity contribution in [3.05, 3.63) is 59.9 Å². The van der Waals surface area contributed by atoms with Gasteiger partial charge in [0.1, 0.15) is 11.5 Å². The van der Waals surface area contributed by atoms with E-state index in [1.165, 1.54) is 0 Å². The molecule has 11 heteroatoms. The van der Waals surface area contributed by atoms with Gasteiger partial charge in [-0.25, -0.2) is 0 Å². The topological polar surface area (TPSA) is 148 Å². The third kappa shape index (κ3) is 5.75. The van der Waals surface area contributed by atoms with E-state index in [0.29, 0.717) is 42.6 Å². The standard InChI is InChI=1S/C22H24N6O3.CH2O2/c1-4-30-12-11-28-13-17(21(27-28)16-7-5-6-10-23-16)24-22(29)19-9-8-18(31-19)20-14(2)25-26-15(20)3;2-1-3/h5-10,13H,4,11-12H2,1-3H3,(H,24,29)(H,25,26);1H,(H,2,3). The first kappa shape index (κ1) is 24.4. The van der Waals surface area contributed by atoms with E-state index in [1.807, 2.05) is 39.0 Å². The van der Waals surface area contributed by atoms with Gasteiger partial charge in [-0.15, -0.1) is 0 Å². The highest BCUT2D eigenvalue weighted by Gasteiger charge is 2.20. The van der Waals surface area contributed by atoms with E-state index in [0.717, 1.165) is 17.0 Å². The van der Waals surface area contributed by atoms with Crippen LogP contribution < -0.4 is 5.32 Å². The van der Waals surface area contributed by atoms with E-state index in [4.69, 9.17) is 19.1 Å². The molecule has 0 spiro atoms. The zero-order chi connectivity index (χ0) is 24.5. The highest BCUT2D eigenvalue weighted by atomic mass is 16.5. The molecule has 0 fully saturated rings. The van der Waals surface area contributed by atoms with Crippen LogP contribution in [0.15, 0.2) is 47.1 Å². The Morgan fingerprint density at radius 3 is 2.74 bits per heavy atom. The number of anilines is 1. The van der Waals surface area contributed by atoms with Crippen LogP contribution in [-0.4, -0.2) is 55.7 Å². The summed E-state index contributed by atoms with van der Waals surface area (Å²) in [6.07, 6.45) is 3.46. The lowest BCUT2D eigenvalue weighted by atomic mass is 10.1. The Kier molecular flexibility index (Phi) is 8.30. The van der Waals surface area contributed by atoms with E-state index >= 15 is 0 Å². The van der Waals surface area contributed by atoms with Gasteiger partial charge in [0.2, 0.25) is 0 Å². The molecule has 4 aromatic heterocycles. The van der Waals surface area contributed by atoms with Crippen molar-refractivity contribution in [2.75, 3.05) is 18.5 Å². The second-order valence-electron chi connectivity index (χ2n) is 7.10. The molecule has 178 valence electrons. The Balaban J connectivity index is 0.00000103. The maximum atomic E-state index is 12.9. The van der Waals surface area contributed by atoms with Crippen molar-refractivity contribution < 1.29 is 23.8 Å². The monoisotopic (exact) mass is 466 g/mol. The molecule has 0 aliphatic rings. The van der Waals surface area contributed by atoms with Gasteiger partial charge in [0.15, 0.2) is 5.76 Å². The molecule has 0 bridgehead atoms. The van der Waals surface area contributed by atoms with Crippen molar-refractivity contribution in [3.8, 4) is 22.7 Å². The molecular formula is C23H26N6O5. The number of furan rings is 1. The highest BCUT2D eigenvalue weighted by molar-refractivity contribution is 6.04. The maximum absolute atomic E-state index is 12.9. The third-order valence-corrected chi connectivity index (χ3v) is 4.79. The molecule has 3 N–H and O–H groups in total. The summed E-state index contributed by atoms with van der Waals surface area (Å²) in [7, 11) is 0. The predicted octanol–water partition coefficient (Wildman–Crippen LogP) is 3.53. The number of hydrogen-bond donors (Lipinski definition) is 3. The van der Waals surface area contributed by atoms with E-state index in [2.05, 4.69) is 25.6 Å². The number of aromatic amines is 1. The Morgan fingerprint density at radius 1 is 1.29 bits per heavy atom. The van der Waals surface area contributed by atoms with Crippen molar-refractivity contribution in [2.24, 2.45) is 0 Å². The lowest BCUT2D eigenvalue weighted by molar-refractivity contribution is -0.122. The number of amides is 1. The summed E-state index contributed by atoms with van der Waals surface area (Å²) in [5, 5.41) is 21.5. The van der Waals surface area contributed by atoms with Crippen molar-refractivity contribution in [1.29, 1.82) is 0 Å². The number of nitrogens with one attached hydrogen (secondary N) is 2. The minimum absolute atomic E-state index is 0.198. The number of carbonyl (C=O) groups excluding carboxylic acids is 1. The number of ether oxygens (including phenoxy) is 1. The van der Waals surface area contributed by atoms with Crippen LogP contribution in [0.5, 0.6) is 0 Å². The fraction of sp³-hybridized carbons (Fsp3) is 0.261. The number of nitrogens with zero attached hydrogens (tertiary/aromatic N) is 4. The van der Waals surface area contributed by atoms with Gasteiger partial charge in [-0.05, 0) is 45.0 Å². The Labute approximate surface area is 195 Å². The van der Waals surface area contributed by atoms with Gasteiger partial charge >= 0.3 is 0 Å². The number of rotatable bonds is 8. The second kappa shape index (κ2) is 11.6. The van der Waals surface area contributed by atoms with Crippen LogP contribution in [0.4, 0.5) is 5.69 Å². The molecule has 0 saturated heterocycles. The number of aryl methyl sites for hydroxylation is 2. The van der Waals surface area contributed by atoms with Crippen molar-refractivity contribution in [3.63, 3.8) is 0 Å². The first-order valence-electron chi connectivity index (χ1n) is 10.6. The fourth-order valence-electron chi connectivity index (χ4n) is 3.31.